The fourth-order valence-corrected chi connectivity index (χ4v) is 3.42. The van der Waals surface area contributed by atoms with Gasteiger partial charge in [-0.2, -0.15) is 0 Å². The van der Waals surface area contributed by atoms with Crippen molar-refractivity contribution < 1.29 is 14.3 Å². The number of hydrogen-bond donors (Lipinski definition) is 0. The van der Waals surface area contributed by atoms with Gasteiger partial charge in [-0.3, -0.25) is 14.5 Å². The van der Waals surface area contributed by atoms with Crippen LogP contribution < -0.4 is 0 Å². The molecule has 0 amide bonds. The van der Waals surface area contributed by atoms with Crippen molar-refractivity contribution in [1.82, 2.24) is 4.90 Å². The summed E-state index contributed by atoms with van der Waals surface area (Å²) in [6, 6.07) is 17.4. The van der Waals surface area contributed by atoms with Crippen LogP contribution in [0.15, 0.2) is 54.6 Å². The first-order valence-electron chi connectivity index (χ1n) is 8.74. The van der Waals surface area contributed by atoms with E-state index in [0.29, 0.717) is 18.6 Å². The Balaban J connectivity index is 1.84. The van der Waals surface area contributed by atoms with E-state index in [1.165, 1.54) is 5.56 Å². The van der Waals surface area contributed by atoms with Crippen molar-refractivity contribution in [3.05, 3.63) is 71.3 Å². The van der Waals surface area contributed by atoms with E-state index in [4.69, 9.17) is 4.74 Å². The van der Waals surface area contributed by atoms with Gasteiger partial charge in [0.25, 0.3) is 0 Å². The number of fused-ring (bicyclic) bond motifs is 1. The Morgan fingerprint density at radius 1 is 1.08 bits per heavy atom. The van der Waals surface area contributed by atoms with Crippen LogP contribution in [0, 0.1) is 0 Å². The van der Waals surface area contributed by atoms with E-state index < -0.39 is 0 Å². The number of ether oxygens (including phenoxy) is 1. The molecule has 25 heavy (non-hydrogen) atoms. The van der Waals surface area contributed by atoms with Crippen LogP contribution in [0.25, 0.3) is 0 Å². The van der Waals surface area contributed by atoms with E-state index in [9.17, 15) is 9.59 Å². The van der Waals surface area contributed by atoms with E-state index >= 15 is 0 Å². The van der Waals surface area contributed by atoms with Gasteiger partial charge in [0.05, 0.1) is 13.2 Å². The maximum atomic E-state index is 12.7. The molecule has 0 fully saturated rings. The van der Waals surface area contributed by atoms with Crippen LogP contribution in [-0.2, 0) is 16.0 Å². The van der Waals surface area contributed by atoms with Gasteiger partial charge in [0.15, 0.2) is 5.78 Å². The van der Waals surface area contributed by atoms with Crippen molar-refractivity contribution in [2.24, 2.45) is 0 Å². The van der Waals surface area contributed by atoms with Gasteiger partial charge in [-0.25, -0.2) is 0 Å². The molecule has 130 valence electrons. The summed E-state index contributed by atoms with van der Waals surface area (Å²) in [5.74, 6) is -0.143. The SMILES string of the molecule is CCOC(=O)CN1CCc2ccccc2C1CC(=O)c1ccccc1. The molecule has 4 nitrogen and oxygen atoms in total. The average molecular weight is 337 g/mol. The predicted octanol–water partition coefficient (Wildman–Crippen LogP) is 3.42. The molecule has 1 aliphatic rings. The fraction of sp³-hybridized carbons (Fsp3) is 0.333. The number of nitrogens with zero attached hydrogens (tertiary/aromatic N) is 1. The smallest absolute Gasteiger partial charge is 0.320 e. The van der Waals surface area contributed by atoms with Crippen molar-refractivity contribution in [2.45, 2.75) is 25.8 Å². The average Bonchev–Trinajstić information content (AvgIpc) is 2.64. The van der Waals surface area contributed by atoms with Gasteiger partial charge < -0.3 is 4.74 Å². The molecule has 0 aliphatic carbocycles. The number of Topliss-reactive ketones (excluding diaryl/α,β-unsaturated/α-hetero) is 1. The zero-order valence-corrected chi connectivity index (χ0v) is 14.5. The summed E-state index contributed by atoms with van der Waals surface area (Å²) in [6.07, 6.45) is 1.24. The maximum Gasteiger partial charge on any atom is 0.320 e. The second-order valence-corrected chi connectivity index (χ2v) is 6.23. The zero-order valence-electron chi connectivity index (χ0n) is 14.5. The summed E-state index contributed by atoms with van der Waals surface area (Å²) in [7, 11) is 0. The van der Waals surface area contributed by atoms with Crippen LogP contribution in [0.5, 0.6) is 0 Å². The summed E-state index contributed by atoms with van der Waals surface area (Å²) < 4.78 is 5.11. The molecule has 2 aromatic rings. The second kappa shape index (κ2) is 8.08. The molecule has 3 rings (SSSR count). The highest BCUT2D eigenvalue weighted by atomic mass is 16.5. The van der Waals surface area contributed by atoms with Gasteiger partial charge in [0.1, 0.15) is 0 Å². The molecule has 1 unspecified atom stereocenters. The topological polar surface area (TPSA) is 46.6 Å². The number of hydrogen-bond acceptors (Lipinski definition) is 4. The van der Waals surface area contributed by atoms with Crippen LogP contribution >= 0.6 is 0 Å². The minimum Gasteiger partial charge on any atom is -0.465 e. The summed E-state index contributed by atoms with van der Waals surface area (Å²) in [6.45, 7) is 3.15. The van der Waals surface area contributed by atoms with Crippen LogP contribution in [-0.4, -0.2) is 36.3 Å². The van der Waals surface area contributed by atoms with Crippen LogP contribution in [0.4, 0.5) is 0 Å². The third-order valence-electron chi connectivity index (χ3n) is 4.64. The first-order valence-corrected chi connectivity index (χ1v) is 8.74. The lowest BCUT2D eigenvalue weighted by atomic mass is 9.88. The van der Waals surface area contributed by atoms with Crippen molar-refractivity contribution >= 4 is 11.8 Å². The molecule has 2 aromatic carbocycles. The van der Waals surface area contributed by atoms with Crippen LogP contribution in [0.1, 0.15) is 40.9 Å². The fourth-order valence-electron chi connectivity index (χ4n) is 3.42. The number of rotatable bonds is 6. The number of carbonyl (C=O) groups excluding carboxylic acids is 2. The zero-order chi connectivity index (χ0) is 17.6. The van der Waals surface area contributed by atoms with E-state index in [0.717, 1.165) is 18.5 Å². The summed E-state index contributed by atoms with van der Waals surface area (Å²) in [5.41, 5.74) is 3.11. The lowest BCUT2D eigenvalue weighted by molar-refractivity contribution is -0.145. The molecule has 0 saturated carbocycles. The van der Waals surface area contributed by atoms with E-state index in [1.807, 2.05) is 42.5 Å². The largest absolute Gasteiger partial charge is 0.465 e. The highest BCUT2D eigenvalue weighted by Crippen LogP contribution is 2.33. The second-order valence-electron chi connectivity index (χ2n) is 6.23. The molecule has 0 aromatic heterocycles. The quantitative estimate of drug-likeness (QED) is 0.598. The van der Waals surface area contributed by atoms with Crippen LogP contribution in [0.3, 0.4) is 0 Å². The van der Waals surface area contributed by atoms with Crippen molar-refractivity contribution in [1.29, 1.82) is 0 Å². The van der Waals surface area contributed by atoms with E-state index in [2.05, 4.69) is 17.0 Å². The maximum absolute atomic E-state index is 12.7. The highest BCUT2D eigenvalue weighted by Gasteiger charge is 2.30. The summed E-state index contributed by atoms with van der Waals surface area (Å²) in [5, 5.41) is 0. The van der Waals surface area contributed by atoms with Crippen molar-refractivity contribution in [2.75, 3.05) is 19.7 Å². The molecular formula is C21H23NO3. The molecule has 0 N–H and O–H groups in total. The molecule has 0 bridgehead atoms. The summed E-state index contributed by atoms with van der Waals surface area (Å²) in [4.78, 5) is 26.8. The van der Waals surface area contributed by atoms with Crippen molar-refractivity contribution in [3.63, 3.8) is 0 Å². The molecular weight excluding hydrogens is 314 g/mol. The number of esters is 1. The van der Waals surface area contributed by atoms with Gasteiger partial charge >= 0.3 is 5.97 Å². The number of carbonyl (C=O) groups is 2. The van der Waals surface area contributed by atoms with Gasteiger partial charge in [-0.1, -0.05) is 54.6 Å². The molecule has 0 radical (unpaired) electrons. The minimum absolute atomic E-state index is 0.0937. The van der Waals surface area contributed by atoms with Gasteiger partial charge in [-0.05, 0) is 24.5 Å². The van der Waals surface area contributed by atoms with E-state index in [-0.39, 0.29) is 24.3 Å². The van der Waals surface area contributed by atoms with Gasteiger partial charge in [0, 0.05) is 24.6 Å². The van der Waals surface area contributed by atoms with Gasteiger partial charge in [0.2, 0.25) is 0 Å². The Morgan fingerprint density at radius 3 is 2.56 bits per heavy atom. The molecule has 1 heterocycles. The monoisotopic (exact) mass is 337 g/mol. The number of ketones is 1. The highest BCUT2D eigenvalue weighted by molar-refractivity contribution is 5.96. The third kappa shape index (κ3) is 4.15. The molecule has 1 aliphatic heterocycles. The van der Waals surface area contributed by atoms with Crippen molar-refractivity contribution in [3.8, 4) is 0 Å². The Hall–Kier alpha value is -2.46. The lowest BCUT2D eigenvalue weighted by Crippen LogP contribution is -2.40. The first-order chi connectivity index (χ1) is 12.2. The Kier molecular flexibility index (Phi) is 5.61. The molecule has 0 saturated heterocycles. The summed E-state index contributed by atoms with van der Waals surface area (Å²) >= 11 is 0. The third-order valence-corrected chi connectivity index (χ3v) is 4.64. The number of benzene rings is 2. The Labute approximate surface area is 148 Å². The first kappa shape index (κ1) is 17.4. The van der Waals surface area contributed by atoms with E-state index in [1.54, 1.807) is 6.92 Å². The Morgan fingerprint density at radius 2 is 1.80 bits per heavy atom. The normalized spacial score (nSPS) is 16.9. The lowest BCUT2D eigenvalue weighted by Gasteiger charge is -2.36. The standard InChI is InChI=1S/C21H23NO3/c1-2-25-21(24)15-22-13-12-16-8-6-7-11-18(16)19(22)14-20(23)17-9-4-3-5-10-17/h3-11,19H,2,12-15H2,1H3. The van der Waals surface area contributed by atoms with Crippen LogP contribution in [0.2, 0.25) is 0 Å². The predicted molar refractivity (Wildman–Crippen MR) is 96.5 cm³/mol. The van der Waals surface area contributed by atoms with Gasteiger partial charge in [-0.15, -0.1) is 0 Å². The molecule has 0 spiro atoms. The minimum atomic E-state index is -0.237. The molecule has 4 heteroatoms. The Bertz CT molecular complexity index is 742. The molecule has 1 atom stereocenters.